The summed E-state index contributed by atoms with van der Waals surface area (Å²) in [4.78, 5) is 6.64. The third kappa shape index (κ3) is 3.42. The Balaban J connectivity index is 1.59. The molecular formula is C17H24FN3O2. The number of nitrogens with zero attached hydrogens (tertiary/aromatic N) is 2. The Labute approximate surface area is 136 Å². The summed E-state index contributed by atoms with van der Waals surface area (Å²) >= 11 is 0. The maximum Gasteiger partial charge on any atom is 0.193 e. The number of halogens is 1. The number of likely N-dealkylation sites (tertiary alicyclic amines) is 1. The van der Waals surface area contributed by atoms with Gasteiger partial charge in [0.1, 0.15) is 0 Å². The Morgan fingerprint density at radius 3 is 3.00 bits per heavy atom. The van der Waals surface area contributed by atoms with E-state index in [-0.39, 0.29) is 11.6 Å². The van der Waals surface area contributed by atoms with Gasteiger partial charge in [-0.15, -0.1) is 0 Å². The van der Waals surface area contributed by atoms with Gasteiger partial charge in [0, 0.05) is 38.7 Å². The third-order valence-electron chi connectivity index (χ3n) is 4.80. The van der Waals surface area contributed by atoms with Gasteiger partial charge in [0.25, 0.3) is 0 Å². The van der Waals surface area contributed by atoms with Crippen molar-refractivity contribution in [3.63, 3.8) is 0 Å². The molecule has 5 nitrogen and oxygen atoms in total. The third-order valence-corrected chi connectivity index (χ3v) is 4.80. The highest BCUT2D eigenvalue weighted by atomic mass is 19.1. The molecule has 6 heteroatoms. The zero-order chi connectivity index (χ0) is 16.3. The van der Waals surface area contributed by atoms with Crippen molar-refractivity contribution in [2.75, 3.05) is 40.5 Å². The molecule has 0 aromatic heterocycles. The quantitative estimate of drug-likeness (QED) is 0.683. The highest BCUT2D eigenvalue weighted by molar-refractivity contribution is 5.80. The van der Waals surface area contributed by atoms with Crippen LogP contribution in [0.5, 0.6) is 5.75 Å². The first-order valence-electron chi connectivity index (χ1n) is 8.01. The van der Waals surface area contributed by atoms with E-state index in [1.54, 1.807) is 13.1 Å². The van der Waals surface area contributed by atoms with Crippen molar-refractivity contribution in [2.45, 2.75) is 19.4 Å². The molecule has 1 atom stereocenters. The normalized spacial score (nSPS) is 24.5. The topological polar surface area (TPSA) is 46.1 Å². The predicted molar refractivity (Wildman–Crippen MR) is 87.2 cm³/mol. The van der Waals surface area contributed by atoms with E-state index < -0.39 is 0 Å². The number of guanidine groups is 1. The molecule has 2 heterocycles. The summed E-state index contributed by atoms with van der Waals surface area (Å²) in [6.45, 7) is 4.21. The van der Waals surface area contributed by atoms with Gasteiger partial charge < -0.3 is 19.7 Å². The summed E-state index contributed by atoms with van der Waals surface area (Å²) in [5, 5.41) is 3.33. The van der Waals surface area contributed by atoms with Crippen molar-refractivity contribution < 1.29 is 13.9 Å². The second-order valence-electron chi connectivity index (χ2n) is 6.34. The minimum Gasteiger partial charge on any atom is -0.494 e. The molecule has 0 radical (unpaired) electrons. The molecule has 2 saturated heterocycles. The van der Waals surface area contributed by atoms with E-state index in [9.17, 15) is 4.39 Å². The van der Waals surface area contributed by atoms with Gasteiger partial charge in [0.05, 0.1) is 13.7 Å². The summed E-state index contributed by atoms with van der Waals surface area (Å²) in [7, 11) is 3.25. The fourth-order valence-corrected chi connectivity index (χ4v) is 3.42. The average Bonchev–Trinajstić information content (AvgIpc) is 3.19. The molecule has 1 spiro atoms. The molecule has 1 N–H and O–H groups in total. The van der Waals surface area contributed by atoms with Crippen LogP contribution in [0.25, 0.3) is 0 Å². The van der Waals surface area contributed by atoms with Crippen LogP contribution in [0.4, 0.5) is 4.39 Å². The molecule has 0 aliphatic carbocycles. The smallest absolute Gasteiger partial charge is 0.193 e. The van der Waals surface area contributed by atoms with Crippen LogP contribution in [0.15, 0.2) is 23.2 Å². The van der Waals surface area contributed by atoms with Crippen molar-refractivity contribution in [3.8, 4) is 5.75 Å². The van der Waals surface area contributed by atoms with Crippen molar-refractivity contribution in [3.05, 3.63) is 29.6 Å². The highest BCUT2D eigenvalue weighted by Gasteiger charge is 2.42. The fraction of sp³-hybridized carbons (Fsp3) is 0.588. The molecule has 23 heavy (non-hydrogen) atoms. The summed E-state index contributed by atoms with van der Waals surface area (Å²) in [6, 6.07) is 5.00. The lowest BCUT2D eigenvalue weighted by molar-refractivity contribution is 0.156. The molecule has 2 aliphatic rings. The first-order chi connectivity index (χ1) is 11.2. The number of hydrogen-bond acceptors (Lipinski definition) is 3. The summed E-state index contributed by atoms with van der Waals surface area (Å²) in [6.07, 6.45) is 2.27. The van der Waals surface area contributed by atoms with E-state index >= 15 is 0 Å². The molecule has 0 saturated carbocycles. The molecule has 3 rings (SSSR count). The maximum absolute atomic E-state index is 13.8. The van der Waals surface area contributed by atoms with Gasteiger partial charge in [0.15, 0.2) is 17.5 Å². The zero-order valence-electron chi connectivity index (χ0n) is 13.8. The Hall–Kier alpha value is -1.82. The first kappa shape index (κ1) is 16.1. The predicted octanol–water partition coefficient (Wildman–Crippen LogP) is 2.02. The first-order valence-corrected chi connectivity index (χ1v) is 8.01. The standard InChI is InChI=1S/C17H24FN3O2/c1-19-16(21-7-5-17(11-21)6-8-23-12-17)20-10-13-3-4-15(22-2)14(18)9-13/h3-4,9H,5-8,10-12H2,1-2H3,(H,19,20). The molecular weight excluding hydrogens is 297 g/mol. The van der Waals surface area contributed by atoms with E-state index in [2.05, 4.69) is 15.2 Å². The SMILES string of the molecule is CN=C(NCc1ccc(OC)c(F)c1)N1CCC2(CCOC2)C1. The minimum atomic E-state index is -0.343. The summed E-state index contributed by atoms with van der Waals surface area (Å²) in [5.41, 5.74) is 1.16. The number of ether oxygens (including phenoxy) is 2. The van der Waals surface area contributed by atoms with Crippen LogP contribution in [-0.4, -0.2) is 51.3 Å². The molecule has 2 fully saturated rings. The maximum atomic E-state index is 13.8. The fourth-order valence-electron chi connectivity index (χ4n) is 3.42. The van der Waals surface area contributed by atoms with Crippen LogP contribution in [0.3, 0.4) is 0 Å². The van der Waals surface area contributed by atoms with Gasteiger partial charge in [-0.2, -0.15) is 0 Å². The van der Waals surface area contributed by atoms with E-state index in [1.165, 1.54) is 13.2 Å². The van der Waals surface area contributed by atoms with Gasteiger partial charge in [0.2, 0.25) is 0 Å². The number of rotatable bonds is 3. The number of hydrogen-bond donors (Lipinski definition) is 1. The van der Waals surface area contributed by atoms with Gasteiger partial charge in [-0.1, -0.05) is 6.07 Å². The molecule has 1 aromatic carbocycles. The number of benzene rings is 1. The molecule has 126 valence electrons. The van der Waals surface area contributed by atoms with Crippen molar-refractivity contribution in [1.82, 2.24) is 10.2 Å². The van der Waals surface area contributed by atoms with Crippen molar-refractivity contribution >= 4 is 5.96 Å². The van der Waals surface area contributed by atoms with Gasteiger partial charge in [-0.05, 0) is 30.5 Å². The van der Waals surface area contributed by atoms with Gasteiger partial charge >= 0.3 is 0 Å². The molecule has 2 aliphatic heterocycles. The lowest BCUT2D eigenvalue weighted by Crippen LogP contribution is -2.41. The number of methoxy groups -OCH3 is 1. The average molecular weight is 321 g/mol. The van der Waals surface area contributed by atoms with Crippen LogP contribution in [-0.2, 0) is 11.3 Å². The molecule has 1 aromatic rings. The van der Waals surface area contributed by atoms with Gasteiger partial charge in [-0.3, -0.25) is 4.99 Å². The van der Waals surface area contributed by atoms with Crippen LogP contribution >= 0.6 is 0 Å². The van der Waals surface area contributed by atoms with E-state index in [1.807, 2.05) is 6.07 Å². The minimum absolute atomic E-state index is 0.265. The Morgan fingerprint density at radius 1 is 1.48 bits per heavy atom. The van der Waals surface area contributed by atoms with Crippen LogP contribution in [0, 0.1) is 11.2 Å². The Morgan fingerprint density at radius 2 is 2.35 bits per heavy atom. The van der Waals surface area contributed by atoms with Crippen LogP contribution in [0.1, 0.15) is 18.4 Å². The summed E-state index contributed by atoms with van der Waals surface area (Å²) < 4.78 is 24.3. The molecule has 1 unspecified atom stereocenters. The van der Waals surface area contributed by atoms with Crippen molar-refractivity contribution in [1.29, 1.82) is 0 Å². The van der Waals surface area contributed by atoms with Crippen molar-refractivity contribution in [2.24, 2.45) is 10.4 Å². The van der Waals surface area contributed by atoms with E-state index in [4.69, 9.17) is 9.47 Å². The van der Waals surface area contributed by atoms with E-state index in [0.717, 1.165) is 50.7 Å². The lowest BCUT2D eigenvalue weighted by Gasteiger charge is -2.25. The van der Waals surface area contributed by atoms with Gasteiger partial charge in [-0.25, -0.2) is 4.39 Å². The number of nitrogens with one attached hydrogen (secondary N) is 1. The molecule has 0 bridgehead atoms. The summed E-state index contributed by atoms with van der Waals surface area (Å²) in [5.74, 6) is 0.788. The Kier molecular flexibility index (Phi) is 4.71. The van der Waals surface area contributed by atoms with Crippen LogP contribution in [0.2, 0.25) is 0 Å². The second kappa shape index (κ2) is 6.74. The number of aliphatic imine (C=N–C) groups is 1. The van der Waals surface area contributed by atoms with E-state index in [0.29, 0.717) is 12.0 Å². The largest absolute Gasteiger partial charge is 0.494 e. The monoisotopic (exact) mass is 321 g/mol. The second-order valence-corrected chi connectivity index (χ2v) is 6.34. The molecule has 0 amide bonds. The lowest BCUT2D eigenvalue weighted by atomic mass is 9.87. The highest BCUT2D eigenvalue weighted by Crippen LogP contribution is 2.38. The zero-order valence-corrected chi connectivity index (χ0v) is 13.8. The van der Waals surface area contributed by atoms with Crippen LogP contribution < -0.4 is 10.1 Å². The Bertz CT molecular complexity index is 585.